The van der Waals surface area contributed by atoms with Gasteiger partial charge in [-0.1, -0.05) is 5.16 Å². The Morgan fingerprint density at radius 3 is 2.31 bits per heavy atom. The molecule has 0 aromatic heterocycles. The minimum atomic E-state index is -0.165. The van der Waals surface area contributed by atoms with E-state index in [-0.39, 0.29) is 5.60 Å². The van der Waals surface area contributed by atoms with E-state index in [0.29, 0.717) is 0 Å². The van der Waals surface area contributed by atoms with E-state index < -0.39 is 0 Å². The first-order valence-corrected chi connectivity index (χ1v) is 4.88. The second-order valence-corrected chi connectivity index (χ2v) is 4.61. The molecule has 0 amide bonds. The number of oxime groups is 1. The third-order valence-electron chi connectivity index (χ3n) is 1.98. The molecule has 0 bridgehead atoms. The lowest BCUT2D eigenvalue weighted by molar-refractivity contribution is -0.854. The van der Waals surface area contributed by atoms with Gasteiger partial charge in [0.25, 0.3) is 0 Å². The number of nitrogens with zero attached hydrogens (tertiary/aromatic N) is 1. The van der Waals surface area contributed by atoms with Crippen molar-refractivity contribution in [1.82, 2.24) is 0 Å². The van der Waals surface area contributed by atoms with Crippen molar-refractivity contribution in [2.75, 3.05) is 13.1 Å². The van der Waals surface area contributed by atoms with Gasteiger partial charge in [0.05, 0.1) is 18.8 Å². The molecule has 0 aromatic rings. The number of hydrogen-bond acceptors (Lipinski definition) is 2. The van der Waals surface area contributed by atoms with Crippen LogP contribution in [0.4, 0.5) is 0 Å². The van der Waals surface area contributed by atoms with Gasteiger partial charge in [0.15, 0.2) is 0 Å². The lowest BCUT2D eigenvalue weighted by Crippen LogP contribution is -3.08. The van der Waals surface area contributed by atoms with Crippen molar-refractivity contribution in [2.24, 2.45) is 5.16 Å². The van der Waals surface area contributed by atoms with Crippen LogP contribution in [-0.2, 0) is 4.84 Å². The van der Waals surface area contributed by atoms with E-state index in [1.54, 1.807) is 0 Å². The summed E-state index contributed by atoms with van der Waals surface area (Å²) in [5.74, 6) is 0. The van der Waals surface area contributed by atoms with Gasteiger partial charge in [0, 0.05) is 12.8 Å². The minimum Gasteiger partial charge on any atom is -0.467 e. The lowest BCUT2D eigenvalue weighted by atomic mass is 10.1. The van der Waals surface area contributed by atoms with Gasteiger partial charge in [-0.05, 0) is 20.8 Å². The molecule has 1 saturated heterocycles. The van der Waals surface area contributed by atoms with Crippen LogP contribution in [0.15, 0.2) is 5.16 Å². The summed E-state index contributed by atoms with van der Waals surface area (Å²) in [6.45, 7) is 8.19. The zero-order valence-electron chi connectivity index (χ0n) is 8.89. The van der Waals surface area contributed by atoms with E-state index >= 15 is 0 Å². The fraction of sp³-hybridized carbons (Fsp3) is 0.800. The maximum absolute atomic E-state index is 5.36. The summed E-state index contributed by atoms with van der Waals surface area (Å²) in [6.07, 6.45) is 2.05. The highest BCUT2D eigenvalue weighted by atomic mass is 16.6. The fourth-order valence-electron chi connectivity index (χ4n) is 1.18. The zero-order valence-corrected chi connectivity index (χ0v) is 8.89. The monoisotopic (exact) mass is 184 g/mol. The van der Waals surface area contributed by atoms with Crippen molar-refractivity contribution in [1.29, 1.82) is 0 Å². The summed E-state index contributed by atoms with van der Waals surface area (Å²) in [5, 5.41) is 4.16. The summed E-state index contributed by atoms with van der Waals surface area (Å²) >= 11 is 0. The Labute approximate surface area is 80.7 Å². The van der Waals surface area contributed by atoms with Gasteiger partial charge in [-0.3, -0.25) is 0 Å². The molecule has 0 saturated carbocycles. The van der Waals surface area contributed by atoms with Crippen LogP contribution in [0.1, 0.15) is 33.6 Å². The first-order chi connectivity index (χ1) is 5.97. The van der Waals surface area contributed by atoms with Crippen LogP contribution in [0.3, 0.4) is 0 Å². The predicted octanol–water partition coefficient (Wildman–Crippen LogP) is 0.628. The second kappa shape index (κ2) is 4.09. The number of likely N-dealkylation sites (tertiary alicyclic amines) is 1. The van der Waals surface area contributed by atoms with Crippen molar-refractivity contribution in [3.63, 3.8) is 0 Å². The van der Waals surface area contributed by atoms with Crippen molar-refractivity contribution in [3.8, 4) is 0 Å². The molecular formula is C10H20N2O. The Hall–Kier alpha value is -0.570. The van der Waals surface area contributed by atoms with Crippen molar-refractivity contribution in [2.45, 2.75) is 39.2 Å². The van der Waals surface area contributed by atoms with Crippen molar-refractivity contribution < 1.29 is 9.74 Å². The molecule has 0 radical (unpaired) electrons. The van der Waals surface area contributed by atoms with Gasteiger partial charge in [0.2, 0.25) is 0 Å². The summed E-state index contributed by atoms with van der Waals surface area (Å²) in [4.78, 5) is 6.70. The Balaban J connectivity index is 2.36. The Morgan fingerprint density at radius 2 is 1.85 bits per heavy atom. The molecule has 1 aliphatic rings. The molecular weight excluding hydrogens is 164 g/mol. The molecule has 1 rings (SSSR count). The number of quaternary nitrogens is 1. The average Bonchev–Trinajstić information content (AvgIpc) is 2.02. The third-order valence-corrected chi connectivity index (χ3v) is 1.98. The first-order valence-electron chi connectivity index (χ1n) is 4.88. The van der Waals surface area contributed by atoms with Gasteiger partial charge in [-0.25, -0.2) is 0 Å². The third kappa shape index (κ3) is 4.27. The second-order valence-electron chi connectivity index (χ2n) is 4.61. The normalized spacial score (nSPS) is 24.3. The fourth-order valence-corrected chi connectivity index (χ4v) is 1.18. The van der Waals surface area contributed by atoms with E-state index in [0.717, 1.165) is 25.9 Å². The van der Waals surface area contributed by atoms with Crippen LogP contribution < -0.4 is 4.90 Å². The molecule has 0 aromatic carbocycles. The predicted molar refractivity (Wildman–Crippen MR) is 53.6 cm³/mol. The van der Waals surface area contributed by atoms with Crippen LogP contribution >= 0.6 is 0 Å². The molecule has 0 unspecified atom stereocenters. The van der Waals surface area contributed by atoms with E-state index in [4.69, 9.17) is 4.84 Å². The van der Waals surface area contributed by atoms with Gasteiger partial charge in [-0.2, -0.15) is 7.05 Å². The van der Waals surface area contributed by atoms with Crippen molar-refractivity contribution >= 4 is 5.71 Å². The van der Waals surface area contributed by atoms with E-state index in [1.165, 1.54) is 10.6 Å². The summed E-state index contributed by atoms with van der Waals surface area (Å²) in [6, 6.07) is 0. The first kappa shape index (κ1) is 10.5. The molecule has 3 heteroatoms. The highest BCUT2D eigenvalue weighted by Crippen LogP contribution is 2.08. The van der Waals surface area contributed by atoms with Crippen LogP contribution in [0.5, 0.6) is 0 Å². The van der Waals surface area contributed by atoms with E-state index in [2.05, 4.69) is 12.2 Å². The Morgan fingerprint density at radius 1 is 1.31 bits per heavy atom. The maximum Gasteiger partial charge on any atom is 0.129 e. The molecule has 1 heterocycles. The van der Waals surface area contributed by atoms with Crippen molar-refractivity contribution in [3.05, 3.63) is 7.05 Å². The molecule has 1 aliphatic heterocycles. The molecule has 76 valence electrons. The molecule has 0 spiro atoms. The average molecular weight is 184 g/mol. The van der Waals surface area contributed by atoms with Gasteiger partial charge in [-0.15, -0.1) is 0 Å². The molecule has 1 fully saturated rings. The van der Waals surface area contributed by atoms with Gasteiger partial charge in [0.1, 0.15) is 5.60 Å². The summed E-state index contributed by atoms with van der Waals surface area (Å²) < 4.78 is 0. The molecule has 13 heavy (non-hydrogen) atoms. The molecule has 0 aliphatic carbocycles. The highest BCUT2D eigenvalue weighted by Gasteiger charge is 2.14. The van der Waals surface area contributed by atoms with Crippen LogP contribution in [0, 0.1) is 7.05 Å². The largest absolute Gasteiger partial charge is 0.467 e. The number of nitrogens with one attached hydrogen (secondary N) is 1. The molecule has 0 atom stereocenters. The summed E-state index contributed by atoms with van der Waals surface area (Å²) in [5.41, 5.74) is 1.02. The minimum absolute atomic E-state index is 0.165. The standard InChI is InChI=1S/C10H20N2O/c1-10(2,3)13-11-9-5-7-12(4)8-6-9/h12H,4-8H2,1-3H3. The number of piperidine rings is 1. The lowest BCUT2D eigenvalue weighted by Gasteiger charge is -2.26. The van der Waals surface area contributed by atoms with Crippen LogP contribution in [-0.4, -0.2) is 24.4 Å². The van der Waals surface area contributed by atoms with Crippen LogP contribution in [0.2, 0.25) is 0 Å². The topological polar surface area (TPSA) is 26.0 Å². The zero-order chi connectivity index (χ0) is 9.90. The smallest absolute Gasteiger partial charge is 0.129 e. The number of hydrogen-bond donors (Lipinski definition) is 1. The maximum atomic E-state index is 5.36. The van der Waals surface area contributed by atoms with Gasteiger partial charge >= 0.3 is 0 Å². The van der Waals surface area contributed by atoms with E-state index in [1.807, 2.05) is 20.8 Å². The van der Waals surface area contributed by atoms with Crippen LogP contribution in [0.25, 0.3) is 0 Å². The van der Waals surface area contributed by atoms with E-state index in [9.17, 15) is 0 Å². The molecule has 1 N–H and O–H groups in total. The Kier molecular flexibility index (Phi) is 3.31. The van der Waals surface area contributed by atoms with Gasteiger partial charge < -0.3 is 9.74 Å². The Bertz CT molecular complexity index is 184. The quantitative estimate of drug-likeness (QED) is 0.469. The summed E-state index contributed by atoms with van der Waals surface area (Å²) in [7, 11) is 3.96. The number of rotatable bonds is 1. The highest BCUT2D eigenvalue weighted by molar-refractivity contribution is 5.84. The molecule has 3 nitrogen and oxygen atoms in total. The SMILES string of the molecule is [CH2-][NH+]1CCC(=NOC(C)(C)C)CC1.